The molecule has 0 aromatic heterocycles. The Balaban J connectivity index is 1.50. The first kappa shape index (κ1) is 21.8. The van der Waals surface area contributed by atoms with Crippen LogP contribution in [0.1, 0.15) is 18.1 Å². The molecule has 4 nitrogen and oxygen atoms in total. The van der Waals surface area contributed by atoms with E-state index >= 15 is 4.39 Å². The van der Waals surface area contributed by atoms with Gasteiger partial charge in [0.1, 0.15) is 30.7 Å². The van der Waals surface area contributed by atoms with Crippen LogP contribution in [0.2, 0.25) is 0 Å². The second-order valence-electron chi connectivity index (χ2n) is 8.12. The van der Waals surface area contributed by atoms with Crippen molar-refractivity contribution in [1.29, 1.82) is 0 Å². The number of ketones is 1. The number of carbonyl (C=O) groups excluding carboxylic acids is 1. The summed E-state index contributed by atoms with van der Waals surface area (Å²) >= 11 is 0. The van der Waals surface area contributed by atoms with E-state index in [0.29, 0.717) is 30.3 Å². The van der Waals surface area contributed by atoms with E-state index in [-0.39, 0.29) is 40.3 Å². The number of carbonyl (C=O) groups is 1. The molecule has 0 aliphatic carbocycles. The second-order valence-corrected chi connectivity index (χ2v) is 8.12. The fourth-order valence-electron chi connectivity index (χ4n) is 4.23. The van der Waals surface area contributed by atoms with Crippen molar-refractivity contribution in [1.82, 2.24) is 0 Å². The third kappa shape index (κ3) is 3.73. The van der Waals surface area contributed by atoms with Crippen molar-refractivity contribution >= 4 is 17.0 Å². The van der Waals surface area contributed by atoms with Crippen molar-refractivity contribution in [3.63, 3.8) is 0 Å². The molecular weight excluding hydrogens is 443 g/mol. The third-order valence-corrected chi connectivity index (χ3v) is 5.93. The molecular formula is C27H20F3NO3. The van der Waals surface area contributed by atoms with Crippen LogP contribution in [0.25, 0.3) is 16.7 Å². The fraction of sp³-hybridized carbons (Fsp3) is 0.148. The molecule has 0 radical (unpaired) electrons. The lowest BCUT2D eigenvalue weighted by Gasteiger charge is -2.31. The van der Waals surface area contributed by atoms with Crippen LogP contribution in [0.3, 0.4) is 0 Å². The van der Waals surface area contributed by atoms with Crippen LogP contribution in [-0.4, -0.2) is 19.0 Å². The summed E-state index contributed by atoms with van der Waals surface area (Å²) in [6.45, 7) is 5.92. The largest absolute Gasteiger partial charge is 0.486 e. The van der Waals surface area contributed by atoms with Crippen LogP contribution in [-0.2, 0) is 11.3 Å². The fourth-order valence-corrected chi connectivity index (χ4v) is 4.23. The topological polar surface area (TPSA) is 38.8 Å². The van der Waals surface area contributed by atoms with Crippen molar-refractivity contribution in [3.8, 4) is 22.6 Å². The third-order valence-electron chi connectivity index (χ3n) is 5.93. The normalized spacial score (nSPS) is 14.5. The zero-order chi connectivity index (χ0) is 24.0. The van der Waals surface area contributed by atoms with Gasteiger partial charge in [0.2, 0.25) is 0 Å². The zero-order valence-electron chi connectivity index (χ0n) is 18.3. The molecule has 34 heavy (non-hydrogen) atoms. The van der Waals surface area contributed by atoms with Crippen LogP contribution in [0, 0.1) is 17.5 Å². The van der Waals surface area contributed by atoms with Crippen molar-refractivity contribution in [2.75, 3.05) is 18.1 Å². The number of allylic oxidation sites excluding steroid dienone is 2. The highest BCUT2D eigenvalue weighted by Gasteiger charge is 2.29. The van der Waals surface area contributed by atoms with Crippen molar-refractivity contribution in [2.24, 2.45) is 0 Å². The van der Waals surface area contributed by atoms with Gasteiger partial charge in [-0.2, -0.15) is 0 Å². The van der Waals surface area contributed by atoms with Gasteiger partial charge < -0.3 is 14.4 Å². The summed E-state index contributed by atoms with van der Waals surface area (Å²) in [7, 11) is 0. The summed E-state index contributed by atoms with van der Waals surface area (Å²) in [5.41, 5.74) is 1.70. The van der Waals surface area contributed by atoms with Crippen LogP contribution in [0.15, 0.2) is 66.9 Å². The van der Waals surface area contributed by atoms with Crippen LogP contribution < -0.4 is 14.4 Å². The highest BCUT2D eigenvalue weighted by molar-refractivity contribution is 6.11. The molecule has 0 bridgehead atoms. The van der Waals surface area contributed by atoms with Crippen LogP contribution in [0.5, 0.6) is 11.5 Å². The number of fused-ring (bicyclic) bond motifs is 2. The predicted molar refractivity (Wildman–Crippen MR) is 123 cm³/mol. The molecule has 3 aromatic carbocycles. The second kappa shape index (κ2) is 8.41. The first-order valence-electron chi connectivity index (χ1n) is 10.7. The highest BCUT2D eigenvalue weighted by Crippen LogP contribution is 2.41. The van der Waals surface area contributed by atoms with E-state index in [2.05, 4.69) is 6.58 Å². The van der Waals surface area contributed by atoms with Gasteiger partial charge in [0.25, 0.3) is 0 Å². The molecule has 0 fully saturated rings. The number of rotatable bonds is 4. The zero-order valence-corrected chi connectivity index (χ0v) is 18.3. The summed E-state index contributed by atoms with van der Waals surface area (Å²) in [4.78, 5) is 13.5. The minimum atomic E-state index is -0.701. The van der Waals surface area contributed by atoms with E-state index in [1.807, 2.05) is 6.07 Å². The molecule has 3 aromatic rings. The minimum Gasteiger partial charge on any atom is -0.486 e. The number of nitrogens with zero attached hydrogens (tertiary/aromatic N) is 1. The molecule has 172 valence electrons. The van der Waals surface area contributed by atoms with Gasteiger partial charge in [0.05, 0.1) is 12.2 Å². The van der Waals surface area contributed by atoms with Crippen molar-refractivity contribution < 1.29 is 27.4 Å². The Labute approximate surface area is 194 Å². The van der Waals surface area contributed by atoms with Crippen LogP contribution in [0.4, 0.5) is 18.9 Å². The molecule has 2 aliphatic heterocycles. The minimum absolute atomic E-state index is 0.0784. The number of hydrogen-bond acceptors (Lipinski definition) is 4. The van der Waals surface area contributed by atoms with Crippen LogP contribution >= 0.6 is 0 Å². The van der Waals surface area contributed by atoms with Gasteiger partial charge in [-0.25, -0.2) is 13.2 Å². The number of ether oxygens (including phenoxy) is 2. The molecule has 7 heteroatoms. The van der Waals surface area contributed by atoms with Crippen molar-refractivity contribution in [3.05, 3.63) is 95.5 Å². The number of Topliss-reactive ketones (excluding diaryl/α,β-unsaturated/α-hetero) is 1. The maximum absolute atomic E-state index is 15.2. The lowest BCUT2D eigenvalue weighted by Crippen LogP contribution is -2.25. The van der Waals surface area contributed by atoms with E-state index in [1.54, 1.807) is 24.3 Å². The summed E-state index contributed by atoms with van der Waals surface area (Å²) in [6.07, 6.45) is 1.39. The Morgan fingerprint density at radius 2 is 1.59 bits per heavy atom. The van der Waals surface area contributed by atoms with Gasteiger partial charge in [-0.15, -0.1) is 0 Å². The molecule has 0 amide bonds. The maximum atomic E-state index is 15.2. The van der Waals surface area contributed by atoms with E-state index in [0.717, 1.165) is 17.7 Å². The van der Waals surface area contributed by atoms with Gasteiger partial charge >= 0.3 is 0 Å². The van der Waals surface area contributed by atoms with E-state index in [9.17, 15) is 13.6 Å². The first-order chi connectivity index (χ1) is 16.3. The average Bonchev–Trinajstić information content (AvgIpc) is 2.83. The lowest BCUT2D eigenvalue weighted by molar-refractivity contribution is -0.113. The Hall–Kier alpha value is -4.00. The van der Waals surface area contributed by atoms with E-state index in [4.69, 9.17) is 9.47 Å². The standard InChI is InChI=1S/C27H20F3NO3/c1-15-20(16(2)32)14-31(27-22(29)7-6-21(28)26(15)27)13-19-4-3-17(11-23(19)30)18-5-8-24-25(12-18)34-10-9-33-24/h3-8,11-12,14H,1,9-10,13H2,2H3. The molecule has 0 unspecified atom stereocenters. The number of hydrogen-bond donors (Lipinski definition) is 0. The lowest BCUT2D eigenvalue weighted by atomic mass is 9.91. The Morgan fingerprint density at radius 1 is 0.912 bits per heavy atom. The maximum Gasteiger partial charge on any atom is 0.161 e. The smallest absolute Gasteiger partial charge is 0.161 e. The average molecular weight is 463 g/mol. The molecule has 2 aliphatic rings. The molecule has 0 atom stereocenters. The number of halogens is 3. The number of benzene rings is 3. The van der Waals surface area contributed by atoms with Gasteiger partial charge in [0, 0.05) is 22.9 Å². The van der Waals surface area contributed by atoms with Gasteiger partial charge in [-0.1, -0.05) is 24.8 Å². The van der Waals surface area contributed by atoms with E-state index in [1.165, 1.54) is 24.1 Å². The van der Waals surface area contributed by atoms with Gasteiger partial charge in [-0.05, 0) is 54.0 Å². The Kier molecular flexibility index (Phi) is 5.40. The summed E-state index contributed by atoms with van der Waals surface area (Å²) in [5.74, 6) is -1.03. The molecule has 0 saturated heterocycles. The summed E-state index contributed by atoms with van der Waals surface area (Å²) < 4.78 is 55.6. The Bertz CT molecular complexity index is 1380. The SMILES string of the molecule is C=C1C(C(C)=O)=CN(Cc2ccc(-c3ccc4c(c3)OCCO4)cc2F)c2c(F)ccc(F)c21. The summed E-state index contributed by atoms with van der Waals surface area (Å²) in [5, 5.41) is 0. The van der Waals surface area contributed by atoms with E-state index < -0.39 is 17.5 Å². The Morgan fingerprint density at radius 3 is 2.32 bits per heavy atom. The molecule has 0 spiro atoms. The highest BCUT2D eigenvalue weighted by atomic mass is 19.1. The monoisotopic (exact) mass is 463 g/mol. The molecule has 0 N–H and O–H groups in total. The van der Waals surface area contributed by atoms with Gasteiger partial charge in [-0.3, -0.25) is 4.79 Å². The molecule has 2 heterocycles. The first-order valence-corrected chi connectivity index (χ1v) is 10.7. The number of anilines is 1. The summed E-state index contributed by atoms with van der Waals surface area (Å²) in [6, 6.07) is 12.1. The quantitative estimate of drug-likeness (QED) is 0.472. The predicted octanol–water partition coefficient (Wildman–Crippen LogP) is 6.05. The molecule has 0 saturated carbocycles. The van der Waals surface area contributed by atoms with Crippen molar-refractivity contribution in [2.45, 2.75) is 13.5 Å². The van der Waals surface area contributed by atoms with Gasteiger partial charge in [0.15, 0.2) is 17.3 Å². The molecule has 5 rings (SSSR count).